The molecule has 0 amide bonds. The summed E-state index contributed by atoms with van der Waals surface area (Å²) in [5.41, 5.74) is 0.777. The van der Waals surface area contributed by atoms with Gasteiger partial charge in [0, 0.05) is 0 Å². The number of rotatable bonds is 18. The molecule has 36 heavy (non-hydrogen) atoms. The van der Waals surface area contributed by atoms with Gasteiger partial charge in [-0.1, -0.05) is 52.4 Å². The van der Waals surface area contributed by atoms with Crippen LogP contribution < -0.4 is 14.2 Å². The topological polar surface area (TPSA) is 102 Å². The Morgan fingerprint density at radius 3 is 1.69 bits per heavy atom. The fourth-order valence-electron chi connectivity index (χ4n) is 3.84. The fourth-order valence-corrected chi connectivity index (χ4v) is 3.84. The van der Waals surface area contributed by atoms with Gasteiger partial charge in [-0.25, -0.2) is 9.59 Å². The van der Waals surface area contributed by atoms with Crippen LogP contribution in [-0.2, 0) is 9.59 Å². The lowest BCUT2D eigenvalue weighted by atomic mass is 10.1. The van der Waals surface area contributed by atoms with Crippen molar-refractivity contribution < 1.29 is 34.0 Å². The second-order valence-electron chi connectivity index (χ2n) is 9.09. The summed E-state index contributed by atoms with van der Waals surface area (Å²) in [6, 6.07) is 12.1. The molecule has 0 aliphatic carbocycles. The monoisotopic (exact) mass is 500 g/mol. The van der Waals surface area contributed by atoms with Crippen molar-refractivity contribution in [3.05, 3.63) is 48.0 Å². The summed E-state index contributed by atoms with van der Waals surface area (Å²) >= 11 is 0. The van der Waals surface area contributed by atoms with Crippen molar-refractivity contribution >= 4 is 11.9 Å². The number of hydrogen-bond donors (Lipinski definition) is 2. The molecule has 0 fully saturated rings. The van der Waals surface area contributed by atoms with E-state index < -0.39 is 24.1 Å². The summed E-state index contributed by atoms with van der Waals surface area (Å²) in [6.07, 6.45) is 7.19. The summed E-state index contributed by atoms with van der Waals surface area (Å²) in [7, 11) is 0. The molecule has 0 saturated heterocycles. The molecular formula is C29H40O7. The molecule has 0 aliphatic rings. The van der Waals surface area contributed by atoms with Crippen LogP contribution in [-0.4, -0.2) is 34.4 Å². The lowest BCUT2D eigenvalue weighted by Gasteiger charge is -2.17. The van der Waals surface area contributed by atoms with Gasteiger partial charge in [-0.2, -0.15) is 0 Å². The Kier molecular flexibility index (Phi) is 12.7. The number of hydrogen-bond acceptors (Lipinski definition) is 5. The molecular weight excluding hydrogens is 460 g/mol. The minimum absolute atomic E-state index is 0.475. The second-order valence-corrected chi connectivity index (χ2v) is 9.09. The number of ether oxygens (including phenoxy) is 3. The van der Waals surface area contributed by atoms with Crippen LogP contribution in [0.15, 0.2) is 42.5 Å². The number of unbranched alkanes of at least 4 members (excludes halogenated alkanes) is 6. The van der Waals surface area contributed by atoms with Crippen LogP contribution in [0.4, 0.5) is 0 Å². The molecule has 198 valence electrons. The van der Waals surface area contributed by atoms with Crippen LogP contribution in [0.5, 0.6) is 23.0 Å². The van der Waals surface area contributed by atoms with E-state index in [-0.39, 0.29) is 0 Å². The van der Waals surface area contributed by atoms with Gasteiger partial charge in [0.1, 0.15) is 23.0 Å². The maximum Gasteiger partial charge on any atom is 0.344 e. The lowest BCUT2D eigenvalue weighted by Crippen LogP contribution is -2.27. The van der Waals surface area contributed by atoms with Gasteiger partial charge in [0.15, 0.2) is 12.2 Å². The Balaban J connectivity index is 1.94. The highest BCUT2D eigenvalue weighted by Gasteiger charge is 2.20. The van der Waals surface area contributed by atoms with Gasteiger partial charge < -0.3 is 24.4 Å². The van der Waals surface area contributed by atoms with Crippen molar-refractivity contribution in [1.82, 2.24) is 0 Å². The van der Waals surface area contributed by atoms with Crippen LogP contribution in [0.3, 0.4) is 0 Å². The van der Waals surface area contributed by atoms with Gasteiger partial charge in [-0.3, -0.25) is 0 Å². The van der Waals surface area contributed by atoms with Gasteiger partial charge in [0.25, 0.3) is 0 Å². The smallest absolute Gasteiger partial charge is 0.344 e. The first-order chi connectivity index (χ1) is 17.3. The molecule has 2 aromatic carbocycles. The number of aliphatic carboxylic acids is 2. The molecule has 0 aliphatic heterocycles. The summed E-state index contributed by atoms with van der Waals surface area (Å²) < 4.78 is 17.4. The first kappa shape index (κ1) is 29.0. The molecule has 0 spiro atoms. The van der Waals surface area contributed by atoms with Crippen LogP contribution in [0, 0.1) is 6.92 Å². The molecule has 0 radical (unpaired) electrons. The van der Waals surface area contributed by atoms with Crippen molar-refractivity contribution in [3.8, 4) is 23.0 Å². The molecule has 2 rings (SSSR count). The van der Waals surface area contributed by atoms with E-state index >= 15 is 0 Å². The number of carboxylic acids is 2. The van der Waals surface area contributed by atoms with Crippen molar-refractivity contribution in [1.29, 1.82) is 0 Å². The Morgan fingerprint density at radius 2 is 1.19 bits per heavy atom. The standard InChI is InChI=1S/C29H40O7/c1-4-6-8-10-12-26(28(30)31)35-23-16-14-22(15-17-23)34-24-18-19-25(21(3)20-24)36-27(29(32)33)13-11-9-7-5-2/h14-20,26-27H,4-13H2,1-3H3,(H,30,31)(H,32,33)/t26-,27+/m1/s1. The predicted octanol–water partition coefficient (Wildman–Crippen LogP) is 7.39. The first-order valence-electron chi connectivity index (χ1n) is 13.0. The third kappa shape index (κ3) is 10.2. The van der Waals surface area contributed by atoms with Gasteiger partial charge in [-0.15, -0.1) is 0 Å². The van der Waals surface area contributed by atoms with Gasteiger partial charge in [0.2, 0.25) is 0 Å². The molecule has 7 nitrogen and oxygen atoms in total. The fraction of sp³-hybridized carbons (Fsp3) is 0.517. The Bertz CT molecular complexity index is 939. The van der Waals surface area contributed by atoms with Gasteiger partial charge >= 0.3 is 11.9 Å². The second kappa shape index (κ2) is 15.7. The van der Waals surface area contributed by atoms with E-state index in [1.54, 1.807) is 42.5 Å². The van der Waals surface area contributed by atoms with Crippen LogP contribution in [0.2, 0.25) is 0 Å². The Hall–Kier alpha value is -3.22. The summed E-state index contributed by atoms with van der Waals surface area (Å²) in [6.45, 7) is 6.08. The molecule has 2 N–H and O–H groups in total. The van der Waals surface area contributed by atoms with Gasteiger partial charge in [0.05, 0.1) is 0 Å². The lowest BCUT2D eigenvalue weighted by molar-refractivity contribution is -0.146. The van der Waals surface area contributed by atoms with E-state index in [0.29, 0.717) is 35.8 Å². The Morgan fingerprint density at radius 1 is 0.694 bits per heavy atom. The Labute approximate surface area is 214 Å². The zero-order valence-electron chi connectivity index (χ0n) is 21.7. The average Bonchev–Trinajstić information content (AvgIpc) is 2.85. The number of aryl methyl sites for hydroxylation is 1. The minimum Gasteiger partial charge on any atom is -0.479 e. The van der Waals surface area contributed by atoms with E-state index in [9.17, 15) is 19.8 Å². The zero-order valence-corrected chi connectivity index (χ0v) is 21.7. The van der Waals surface area contributed by atoms with Crippen molar-refractivity contribution in [3.63, 3.8) is 0 Å². The summed E-state index contributed by atoms with van der Waals surface area (Å²) in [5.74, 6) is 0.235. The first-order valence-corrected chi connectivity index (χ1v) is 13.0. The molecule has 2 aromatic rings. The molecule has 0 saturated carbocycles. The predicted molar refractivity (Wildman–Crippen MR) is 139 cm³/mol. The van der Waals surface area contributed by atoms with E-state index in [2.05, 4.69) is 13.8 Å². The number of carbonyl (C=O) groups is 2. The molecule has 0 aromatic heterocycles. The normalized spacial score (nSPS) is 12.5. The van der Waals surface area contributed by atoms with Crippen molar-refractivity contribution in [2.75, 3.05) is 0 Å². The minimum atomic E-state index is -0.962. The van der Waals surface area contributed by atoms with E-state index in [1.165, 1.54) is 0 Å². The third-order valence-corrected chi connectivity index (χ3v) is 5.94. The zero-order chi connectivity index (χ0) is 26.3. The molecule has 0 unspecified atom stereocenters. The maximum atomic E-state index is 11.6. The summed E-state index contributed by atoms with van der Waals surface area (Å²) in [4.78, 5) is 23.1. The highest BCUT2D eigenvalue weighted by Crippen LogP contribution is 2.30. The average molecular weight is 501 g/mol. The molecule has 0 bridgehead atoms. The maximum absolute atomic E-state index is 11.6. The quantitative estimate of drug-likeness (QED) is 0.206. The van der Waals surface area contributed by atoms with Crippen LogP contribution in [0.25, 0.3) is 0 Å². The van der Waals surface area contributed by atoms with Crippen LogP contribution >= 0.6 is 0 Å². The van der Waals surface area contributed by atoms with E-state index in [4.69, 9.17) is 14.2 Å². The SMILES string of the molecule is CCCCCC[C@H](Oc1ccc(Oc2ccc(O[C@H](CCCCCC)C(=O)O)cc2)cc1C)C(=O)O. The number of benzene rings is 2. The summed E-state index contributed by atoms with van der Waals surface area (Å²) in [5, 5.41) is 19.0. The highest BCUT2D eigenvalue weighted by molar-refractivity contribution is 5.73. The molecule has 0 heterocycles. The molecule has 7 heteroatoms. The molecule has 2 atom stereocenters. The largest absolute Gasteiger partial charge is 0.479 e. The van der Waals surface area contributed by atoms with E-state index in [1.807, 2.05) is 6.92 Å². The van der Waals surface area contributed by atoms with Crippen molar-refractivity contribution in [2.24, 2.45) is 0 Å². The highest BCUT2D eigenvalue weighted by atomic mass is 16.5. The third-order valence-electron chi connectivity index (χ3n) is 5.94. The number of carboxylic acid groups (broad SMARTS) is 2. The van der Waals surface area contributed by atoms with Gasteiger partial charge in [-0.05, 0) is 80.6 Å². The van der Waals surface area contributed by atoms with E-state index in [0.717, 1.165) is 56.9 Å². The van der Waals surface area contributed by atoms with Crippen molar-refractivity contribution in [2.45, 2.75) is 97.2 Å². The van der Waals surface area contributed by atoms with Crippen LogP contribution in [0.1, 0.15) is 83.6 Å².